The van der Waals surface area contributed by atoms with Crippen molar-refractivity contribution in [1.29, 1.82) is 0 Å². The van der Waals surface area contributed by atoms with Gasteiger partial charge in [0.15, 0.2) is 0 Å². The van der Waals surface area contributed by atoms with Crippen molar-refractivity contribution in [3.63, 3.8) is 0 Å². The predicted molar refractivity (Wildman–Crippen MR) is 153 cm³/mol. The van der Waals surface area contributed by atoms with Gasteiger partial charge in [0.25, 0.3) is 0 Å². The maximum Gasteiger partial charge on any atom is 0.408 e. The first-order valence-electron chi connectivity index (χ1n) is 13.8. The van der Waals surface area contributed by atoms with Crippen molar-refractivity contribution in [1.82, 2.24) is 15.5 Å². The van der Waals surface area contributed by atoms with Crippen LogP contribution in [0.2, 0.25) is 0 Å². The second-order valence-electron chi connectivity index (χ2n) is 10.8. The molecule has 0 spiro atoms. The monoisotopic (exact) mass is 539 g/mol. The van der Waals surface area contributed by atoms with Crippen LogP contribution in [0.5, 0.6) is 0 Å². The van der Waals surface area contributed by atoms with Crippen molar-refractivity contribution < 1.29 is 24.2 Å². The van der Waals surface area contributed by atoms with E-state index in [4.69, 9.17) is 4.74 Å². The molecule has 0 heterocycles. The van der Waals surface area contributed by atoms with Gasteiger partial charge in [0.1, 0.15) is 17.7 Å². The van der Waals surface area contributed by atoms with Crippen molar-refractivity contribution in [2.24, 2.45) is 0 Å². The van der Waals surface area contributed by atoms with E-state index in [2.05, 4.69) is 17.6 Å². The molecule has 0 bridgehead atoms. The number of benzene rings is 2. The fraction of sp³-hybridized carbons (Fsp3) is 0.516. The maximum absolute atomic E-state index is 14.2. The Labute approximate surface area is 233 Å². The number of hydrogen-bond acceptors (Lipinski definition) is 5. The Morgan fingerprint density at radius 1 is 1.00 bits per heavy atom. The minimum atomic E-state index is -1.02. The van der Waals surface area contributed by atoms with E-state index in [9.17, 15) is 19.5 Å². The Morgan fingerprint density at radius 3 is 2.31 bits per heavy atom. The maximum atomic E-state index is 14.2. The van der Waals surface area contributed by atoms with Crippen molar-refractivity contribution in [2.45, 2.75) is 84.9 Å². The van der Waals surface area contributed by atoms with Crippen LogP contribution in [0, 0.1) is 13.8 Å². The Hall–Kier alpha value is -3.39. The van der Waals surface area contributed by atoms with Crippen LogP contribution in [0.3, 0.4) is 0 Å². The Kier molecular flexibility index (Phi) is 12.5. The van der Waals surface area contributed by atoms with Crippen molar-refractivity contribution >= 4 is 17.9 Å². The van der Waals surface area contributed by atoms with Gasteiger partial charge in [0.2, 0.25) is 11.8 Å². The highest BCUT2D eigenvalue weighted by molar-refractivity contribution is 5.92. The molecule has 2 atom stereocenters. The third kappa shape index (κ3) is 10.0. The van der Waals surface area contributed by atoms with Crippen LogP contribution < -0.4 is 10.6 Å². The number of carbonyl (C=O) groups is 3. The van der Waals surface area contributed by atoms with Crippen LogP contribution in [-0.2, 0) is 20.7 Å². The zero-order valence-corrected chi connectivity index (χ0v) is 24.3. The first-order chi connectivity index (χ1) is 18.5. The summed E-state index contributed by atoms with van der Waals surface area (Å²) >= 11 is 0. The molecule has 0 radical (unpaired) electrons. The lowest BCUT2D eigenvalue weighted by atomic mass is 9.94. The second-order valence-corrected chi connectivity index (χ2v) is 10.8. The molecule has 8 nitrogen and oxygen atoms in total. The molecular weight excluding hydrogens is 494 g/mol. The van der Waals surface area contributed by atoms with Crippen LogP contribution in [0.15, 0.2) is 48.5 Å². The van der Waals surface area contributed by atoms with Crippen molar-refractivity contribution in [3.8, 4) is 0 Å². The van der Waals surface area contributed by atoms with E-state index in [0.717, 1.165) is 36.0 Å². The molecule has 0 aliphatic carbocycles. The number of unbranched alkanes of at least 4 members (excludes halogenated alkanes) is 2. The van der Waals surface area contributed by atoms with Gasteiger partial charge < -0.3 is 25.4 Å². The van der Waals surface area contributed by atoms with Gasteiger partial charge in [-0.15, -0.1) is 0 Å². The van der Waals surface area contributed by atoms with Gasteiger partial charge in [-0.2, -0.15) is 0 Å². The lowest BCUT2D eigenvalue weighted by Gasteiger charge is -2.35. The van der Waals surface area contributed by atoms with Gasteiger partial charge in [-0.1, -0.05) is 68.3 Å². The number of alkyl carbamates (subject to hydrolysis) is 1. The van der Waals surface area contributed by atoms with Gasteiger partial charge in [0.05, 0.1) is 6.61 Å². The largest absolute Gasteiger partial charge is 0.444 e. The van der Waals surface area contributed by atoms with Crippen molar-refractivity contribution in [2.75, 3.05) is 19.7 Å². The van der Waals surface area contributed by atoms with Gasteiger partial charge in [-0.3, -0.25) is 9.59 Å². The summed E-state index contributed by atoms with van der Waals surface area (Å²) in [6.45, 7) is 11.3. The van der Waals surface area contributed by atoms with Crippen molar-refractivity contribution in [3.05, 3.63) is 70.8 Å². The number of aryl methyl sites for hydroxylation is 1. The Balaban J connectivity index is 2.51. The first-order valence-corrected chi connectivity index (χ1v) is 13.8. The first kappa shape index (κ1) is 31.8. The number of ether oxygens (including phenoxy) is 1. The summed E-state index contributed by atoms with van der Waals surface area (Å²) in [5, 5.41) is 15.7. The standard InChI is InChI=1S/C31H45N3O5/c1-7-8-12-18-32-28(36)27(25-17-13-14-22(2)23(25)3)34(19-20-35)29(37)26(21-24-15-10-9-11-16-24)33-30(38)39-31(4,5)6/h9-11,13-17,26-27,35H,7-8,12,18-21H2,1-6H3,(H,32,36)(H,33,38). The molecule has 0 saturated heterocycles. The molecule has 0 aromatic heterocycles. The number of carbonyl (C=O) groups excluding carboxylic acids is 3. The molecule has 2 aromatic rings. The molecule has 214 valence electrons. The average Bonchev–Trinajstić information content (AvgIpc) is 2.87. The number of rotatable bonds is 13. The van der Waals surface area contributed by atoms with Gasteiger partial charge in [0, 0.05) is 19.5 Å². The fourth-order valence-electron chi connectivity index (χ4n) is 4.38. The topological polar surface area (TPSA) is 108 Å². The highest BCUT2D eigenvalue weighted by Gasteiger charge is 2.36. The highest BCUT2D eigenvalue weighted by Crippen LogP contribution is 2.27. The summed E-state index contributed by atoms with van der Waals surface area (Å²) in [5.41, 5.74) is 2.64. The van der Waals surface area contributed by atoms with Gasteiger partial charge in [-0.25, -0.2) is 4.79 Å². The summed E-state index contributed by atoms with van der Waals surface area (Å²) in [5.74, 6) is -0.800. The number of nitrogens with one attached hydrogen (secondary N) is 2. The Bertz CT molecular complexity index is 1080. The molecular formula is C31H45N3O5. The Morgan fingerprint density at radius 2 is 1.69 bits per heavy atom. The molecule has 2 rings (SSSR count). The third-order valence-corrected chi connectivity index (χ3v) is 6.48. The molecule has 2 aromatic carbocycles. The molecule has 2 unspecified atom stereocenters. The van der Waals surface area contributed by atoms with Gasteiger partial charge in [-0.05, 0) is 63.3 Å². The number of hydrogen-bond donors (Lipinski definition) is 3. The highest BCUT2D eigenvalue weighted by atomic mass is 16.6. The van der Waals surface area contributed by atoms with Crippen LogP contribution in [-0.4, -0.2) is 59.3 Å². The molecule has 0 aliphatic heterocycles. The van der Waals surface area contributed by atoms with Crippen LogP contribution in [0.25, 0.3) is 0 Å². The van der Waals surface area contributed by atoms with Gasteiger partial charge >= 0.3 is 6.09 Å². The summed E-state index contributed by atoms with van der Waals surface area (Å²) in [4.78, 5) is 42.0. The average molecular weight is 540 g/mol. The zero-order valence-electron chi connectivity index (χ0n) is 24.3. The minimum absolute atomic E-state index is 0.0828. The smallest absolute Gasteiger partial charge is 0.408 e. The summed E-state index contributed by atoms with van der Waals surface area (Å²) in [6.07, 6.45) is 2.29. The summed E-state index contributed by atoms with van der Waals surface area (Å²) in [6, 6.07) is 13.0. The second kappa shape index (κ2) is 15.3. The lowest BCUT2D eigenvalue weighted by Crippen LogP contribution is -2.54. The van der Waals surface area contributed by atoms with Crippen LogP contribution in [0.4, 0.5) is 4.79 Å². The molecule has 0 saturated carbocycles. The van der Waals surface area contributed by atoms with E-state index >= 15 is 0 Å². The molecule has 39 heavy (non-hydrogen) atoms. The van der Waals surface area contributed by atoms with E-state index in [0.29, 0.717) is 12.1 Å². The number of amides is 3. The van der Waals surface area contributed by atoms with E-state index in [1.807, 2.05) is 62.4 Å². The van der Waals surface area contributed by atoms with Crippen LogP contribution in [0.1, 0.15) is 75.3 Å². The SMILES string of the molecule is CCCCCNC(=O)C(c1cccc(C)c1C)N(CCO)C(=O)C(Cc1ccccc1)NC(=O)OC(C)(C)C. The normalized spacial score (nSPS) is 12.8. The van der Waals surface area contributed by atoms with E-state index in [1.165, 1.54) is 4.90 Å². The quantitative estimate of drug-likeness (QED) is 0.322. The van der Waals surface area contributed by atoms with Crippen LogP contribution >= 0.6 is 0 Å². The lowest BCUT2D eigenvalue weighted by molar-refractivity contribution is -0.143. The number of aliphatic hydroxyl groups is 1. The number of nitrogens with zero attached hydrogens (tertiary/aromatic N) is 1. The van der Waals surface area contributed by atoms with E-state index in [-0.39, 0.29) is 25.5 Å². The fourth-order valence-corrected chi connectivity index (χ4v) is 4.38. The minimum Gasteiger partial charge on any atom is -0.444 e. The molecule has 0 fully saturated rings. The van der Waals surface area contributed by atoms with E-state index < -0.39 is 29.7 Å². The molecule has 3 N–H and O–H groups in total. The zero-order chi connectivity index (χ0) is 29.0. The predicted octanol–water partition coefficient (Wildman–Crippen LogP) is 4.61. The number of aliphatic hydroxyl groups excluding tert-OH is 1. The summed E-state index contributed by atoms with van der Waals surface area (Å²) < 4.78 is 5.45. The molecule has 3 amide bonds. The molecule has 0 aliphatic rings. The summed E-state index contributed by atoms with van der Waals surface area (Å²) in [7, 11) is 0. The van der Waals surface area contributed by atoms with E-state index in [1.54, 1.807) is 20.8 Å². The third-order valence-electron chi connectivity index (χ3n) is 6.48. The molecule has 8 heteroatoms.